The number of aliphatic hydroxyl groups excluding tert-OH is 1. The molecule has 0 radical (unpaired) electrons. The van der Waals surface area contributed by atoms with E-state index in [1.807, 2.05) is 37.3 Å². The number of pyridine rings is 1. The molecule has 0 aliphatic carbocycles. The summed E-state index contributed by atoms with van der Waals surface area (Å²) in [7, 11) is 0. The minimum absolute atomic E-state index is 0.0847. The molecule has 1 atom stereocenters. The quantitative estimate of drug-likeness (QED) is 0.315. The summed E-state index contributed by atoms with van der Waals surface area (Å²) in [6, 6.07) is 19.5. The van der Waals surface area contributed by atoms with E-state index in [1.54, 1.807) is 48.8 Å². The maximum absolute atomic E-state index is 13.1. The largest absolute Gasteiger partial charge is 0.507 e. The van der Waals surface area contributed by atoms with Crippen molar-refractivity contribution >= 4 is 17.4 Å². The fourth-order valence-electron chi connectivity index (χ4n) is 3.98. The van der Waals surface area contributed by atoms with E-state index < -0.39 is 17.7 Å². The molecule has 2 heterocycles. The van der Waals surface area contributed by atoms with Crippen LogP contribution in [0.3, 0.4) is 0 Å². The summed E-state index contributed by atoms with van der Waals surface area (Å²) >= 11 is 0. The topological polar surface area (TPSA) is 79.7 Å². The standard InChI is InChI=1S/C27H26N2O4/c1-2-18-33-22-10-8-21(9-11-22)25(30)23-24(20-12-15-28-16-13-20)29(27(32)26(23)31)17-14-19-6-4-3-5-7-19/h3-13,15-16,24,30H,2,14,17-18H2,1H3/b25-23-. The van der Waals surface area contributed by atoms with Gasteiger partial charge in [0.1, 0.15) is 11.5 Å². The van der Waals surface area contributed by atoms with Crippen LogP contribution in [0.4, 0.5) is 0 Å². The summed E-state index contributed by atoms with van der Waals surface area (Å²) in [5.74, 6) is -0.812. The lowest BCUT2D eigenvalue weighted by Crippen LogP contribution is -2.31. The number of nitrogens with zero attached hydrogens (tertiary/aromatic N) is 2. The zero-order chi connectivity index (χ0) is 23.2. The highest BCUT2D eigenvalue weighted by atomic mass is 16.5. The van der Waals surface area contributed by atoms with Crippen LogP contribution in [0.2, 0.25) is 0 Å². The molecule has 2 aromatic carbocycles. The number of ether oxygens (including phenoxy) is 1. The van der Waals surface area contributed by atoms with Crippen LogP contribution >= 0.6 is 0 Å². The molecular formula is C27H26N2O4. The van der Waals surface area contributed by atoms with Gasteiger partial charge in [0.15, 0.2) is 0 Å². The number of aliphatic hydroxyl groups is 1. The molecule has 1 aliphatic rings. The number of rotatable bonds is 8. The van der Waals surface area contributed by atoms with Crippen LogP contribution in [0, 0.1) is 0 Å². The molecule has 1 amide bonds. The van der Waals surface area contributed by atoms with Crippen LogP contribution in [-0.4, -0.2) is 39.8 Å². The fourth-order valence-corrected chi connectivity index (χ4v) is 3.98. The average Bonchev–Trinajstić information content (AvgIpc) is 3.12. The zero-order valence-corrected chi connectivity index (χ0v) is 18.5. The molecule has 1 fully saturated rings. The number of carbonyl (C=O) groups is 2. The van der Waals surface area contributed by atoms with Crippen LogP contribution < -0.4 is 4.74 Å². The summed E-state index contributed by atoms with van der Waals surface area (Å²) in [5, 5.41) is 11.1. The first-order valence-corrected chi connectivity index (χ1v) is 11.1. The van der Waals surface area contributed by atoms with E-state index in [0.29, 0.717) is 30.9 Å². The van der Waals surface area contributed by atoms with Gasteiger partial charge in [-0.25, -0.2) is 0 Å². The maximum Gasteiger partial charge on any atom is 0.295 e. The average molecular weight is 443 g/mol. The highest BCUT2D eigenvalue weighted by Crippen LogP contribution is 2.39. The summed E-state index contributed by atoms with van der Waals surface area (Å²) in [6.07, 6.45) is 4.72. The number of Topliss-reactive ketones (excluding diaryl/α,β-unsaturated/α-hetero) is 1. The Bertz CT molecular complexity index is 1140. The number of carbonyl (C=O) groups excluding carboxylic acids is 2. The van der Waals surface area contributed by atoms with Crippen molar-refractivity contribution in [1.29, 1.82) is 0 Å². The van der Waals surface area contributed by atoms with Gasteiger partial charge in [-0.1, -0.05) is 37.3 Å². The Morgan fingerprint density at radius 3 is 2.36 bits per heavy atom. The monoisotopic (exact) mass is 442 g/mol. The number of hydrogen-bond donors (Lipinski definition) is 1. The molecule has 33 heavy (non-hydrogen) atoms. The third kappa shape index (κ3) is 4.80. The van der Waals surface area contributed by atoms with Gasteiger partial charge in [0.25, 0.3) is 11.7 Å². The van der Waals surface area contributed by atoms with E-state index in [4.69, 9.17) is 4.74 Å². The van der Waals surface area contributed by atoms with E-state index in [-0.39, 0.29) is 11.3 Å². The predicted octanol–water partition coefficient (Wildman–Crippen LogP) is 4.53. The van der Waals surface area contributed by atoms with Gasteiger partial charge in [0.2, 0.25) is 0 Å². The number of likely N-dealkylation sites (tertiary alicyclic amines) is 1. The van der Waals surface area contributed by atoms with Gasteiger partial charge in [-0.2, -0.15) is 0 Å². The zero-order valence-electron chi connectivity index (χ0n) is 18.5. The molecule has 0 saturated carbocycles. The Morgan fingerprint density at radius 1 is 1.00 bits per heavy atom. The number of amides is 1. The Morgan fingerprint density at radius 2 is 1.70 bits per heavy atom. The molecule has 0 spiro atoms. The van der Waals surface area contributed by atoms with Crippen molar-refractivity contribution in [2.24, 2.45) is 0 Å². The van der Waals surface area contributed by atoms with Gasteiger partial charge in [-0.05, 0) is 60.4 Å². The van der Waals surface area contributed by atoms with Crippen molar-refractivity contribution in [3.05, 3.63) is 101 Å². The Kier molecular flexibility index (Phi) is 6.83. The van der Waals surface area contributed by atoms with Crippen molar-refractivity contribution in [3.8, 4) is 5.75 Å². The number of benzene rings is 2. The van der Waals surface area contributed by atoms with E-state index in [1.165, 1.54) is 4.90 Å². The lowest BCUT2D eigenvalue weighted by Gasteiger charge is -2.25. The number of ketones is 1. The predicted molar refractivity (Wildman–Crippen MR) is 126 cm³/mol. The Balaban J connectivity index is 1.70. The van der Waals surface area contributed by atoms with Crippen LogP contribution in [-0.2, 0) is 16.0 Å². The lowest BCUT2D eigenvalue weighted by atomic mass is 9.96. The summed E-state index contributed by atoms with van der Waals surface area (Å²) in [6.45, 7) is 2.97. The molecule has 1 N–H and O–H groups in total. The van der Waals surface area contributed by atoms with E-state index in [9.17, 15) is 14.7 Å². The Labute approximate surface area is 193 Å². The highest BCUT2D eigenvalue weighted by Gasteiger charge is 2.45. The molecule has 1 saturated heterocycles. The highest BCUT2D eigenvalue weighted by molar-refractivity contribution is 6.46. The molecule has 1 aliphatic heterocycles. The third-order valence-corrected chi connectivity index (χ3v) is 5.65. The van der Waals surface area contributed by atoms with Gasteiger partial charge in [-0.15, -0.1) is 0 Å². The van der Waals surface area contributed by atoms with Crippen molar-refractivity contribution in [1.82, 2.24) is 9.88 Å². The molecular weight excluding hydrogens is 416 g/mol. The normalized spacial score (nSPS) is 17.4. The molecule has 1 aromatic heterocycles. The second-order valence-electron chi connectivity index (χ2n) is 7.88. The lowest BCUT2D eigenvalue weighted by molar-refractivity contribution is -0.139. The van der Waals surface area contributed by atoms with Gasteiger partial charge in [0.05, 0.1) is 18.2 Å². The smallest absolute Gasteiger partial charge is 0.295 e. The van der Waals surface area contributed by atoms with Gasteiger partial charge < -0.3 is 14.7 Å². The molecule has 6 heteroatoms. The first-order chi connectivity index (χ1) is 16.1. The first kappa shape index (κ1) is 22.3. The van der Waals surface area contributed by atoms with Crippen molar-refractivity contribution < 1.29 is 19.4 Å². The summed E-state index contributed by atoms with van der Waals surface area (Å²) < 4.78 is 5.60. The molecule has 6 nitrogen and oxygen atoms in total. The second-order valence-corrected chi connectivity index (χ2v) is 7.88. The molecule has 3 aromatic rings. The van der Waals surface area contributed by atoms with Gasteiger partial charge in [0, 0.05) is 24.5 Å². The maximum atomic E-state index is 13.1. The SMILES string of the molecule is CCCOc1ccc(/C(O)=C2/C(=O)C(=O)N(CCc3ccccc3)C2c2ccncc2)cc1. The summed E-state index contributed by atoms with van der Waals surface area (Å²) in [4.78, 5) is 31.7. The van der Waals surface area contributed by atoms with Gasteiger partial charge in [-0.3, -0.25) is 14.6 Å². The van der Waals surface area contributed by atoms with Crippen LogP contribution in [0.15, 0.2) is 84.7 Å². The molecule has 1 unspecified atom stereocenters. The fraction of sp³-hybridized carbons (Fsp3) is 0.222. The van der Waals surface area contributed by atoms with Crippen LogP contribution in [0.5, 0.6) is 5.75 Å². The minimum Gasteiger partial charge on any atom is -0.507 e. The minimum atomic E-state index is -0.687. The Hall–Kier alpha value is -3.93. The summed E-state index contributed by atoms with van der Waals surface area (Å²) in [5.41, 5.74) is 2.33. The van der Waals surface area contributed by atoms with Crippen LogP contribution in [0.1, 0.15) is 36.1 Å². The molecule has 4 rings (SSSR count). The van der Waals surface area contributed by atoms with Gasteiger partial charge >= 0.3 is 0 Å². The number of hydrogen-bond acceptors (Lipinski definition) is 5. The molecule has 0 bridgehead atoms. The van der Waals surface area contributed by atoms with Crippen LogP contribution in [0.25, 0.3) is 5.76 Å². The number of aromatic nitrogens is 1. The van der Waals surface area contributed by atoms with E-state index in [0.717, 1.165) is 17.5 Å². The second kappa shape index (κ2) is 10.1. The van der Waals surface area contributed by atoms with Crippen molar-refractivity contribution in [2.75, 3.05) is 13.2 Å². The van der Waals surface area contributed by atoms with E-state index in [2.05, 4.69) is 4.98 Å². The third-order valence-electron chi connectivity index (χ3n) is 5.65. The van der Waals surface area contributed by atoms with E-state index >= 15 is 0 Å². The molecule has 168 valence electrons. The first-order valence-electron chi connectivity index (χ1n) is 11.1. The van der Waals surface area contributed by atoms with Crippen molar-refractivity contribution in [3.63, 3.8) is 0 Å². The van der Waals surface area contributed by atoms with Crippen molar-refractivity contribution in [2.45, 2.75) is 25.8 Å².